The van der Waals surface area contributed by atoms with E-state index in [0.29, 0.717) is 24.1 Å². The van der Waals surface area contributed by atoms with Gasteiger partial charge in [-0.2, -0.15) is 5.26 Å². The van der Waals surface area contributed by atoms with Gasteiger partial charge in [0.05, 0.1) is 11.3 Å². The first kappa shape index (κ1) is 17.4. The highest BCUT2D eigenvalue weighted by Gasteiger charge is 2.17. The molecular formula is C21H19N3O2. The molecule has 0 fully saturated rings. The molecule has 5 nitrogen and oxygen atoms in total. The maximum absolute atomic E-state index is 12.4. The first-order valence-corrected chi connectivity index (χ1v) is 8.46. The first-order chi connectivity index (χ1) is 12.6. The van der Waals surface area contributed by atoms with Crippen LogP contribution in [0.1, 0.15) is 30.0 Å². The molecule has 0 unspecified atom stereocenters. The molecule has 0 atom stereocenters. The number of hydrogen-bond acceptors (Lipinski definition) is 4. The average molecular weight is 345 g/mol. The normalized spacial score (nSPS) is 11.1. The van der Waals surface area contributed by atoms with Crippen LogP contribution >= 0.6 is 0 Å². The van der Waals surface area contributed by atoms with E-state index in [4.69, 9.17) is 0 Å². The summed E-state index contributed by atoms with van der Waals surface area (Å²) in [4.78, 5) is 16.9. The van der Waals surface area contributed by atoms with Crippen LogP contribution in [0, 0.1) is 18.3 Å². The summed E-state index contributed by atoms with van der Waals surface area (Å²) in [6.45, 7) is 3.90. The number of aliphatic imine (C=N–C) groups is 1. The molecule has 0 spiro atoms. The van der Waals surface area contributed by atoms with Crippen LogP contribution in [0.5, 0.6) is 5.88 Å². The lowest BCUT2D eigenvalue weighted by molar-refractivity contribution is 0.403. The molecule has 2 aromatic carbocycles. The van der Waals surface area contributed by atoms with Gasteiger partial charge < -0.3 is 5.11 Å². The summed E-state index contributed by atoms with van der Waals surface area (Å²) in [7, 11) is 0. The van der Waals surface area contributed by atoms with Crippen molar-refractivity contribution in [3.63, 3.8) is 0 Å². The van der Waals surface area contributed by atoms with Gasteiger partial charge in [-0.3, -0.25) is 14.4 Å². The van der Waals surface area contributed by atoms with Crippen molar-refractivity contribution in [1.82, 2.24) is 4.57 Å². The van der Waals surface area contributed by atoms with Gasteiger partial charge in [-0.25, -0.2) is 0 Å². The van der Waals surface area contributed by atoms with E-state index in [1.54, 1.807) is 6.92 Å². The third-order valence-electron chi connectivity index (χ3n) is 4.39. The van der Waals surface area contributed by atoms with Crippen molar-refractivity contribution in [3.8, 4) is 11.9 Å². The summed E-state index contributed by atoms with van der Waals surface area (Å²) in [5.41, 5.74) is 1.16. The average Bonchev–Trinajstić information content (AvgIpc) is 2.65. The molecule has 1 aromatic heterocycles. The predicted molar refractivity (Wildman–Crippen MR) is 103 cm³/mol. The van der Waals surface area contributed by atoms with Crippen molar-refractivity contribution in [3.05, 3.63) is 69.5 Å². The van der Waals surface area contributed by atoms with Crippen molar-refractivity contribution in [2.75, 3.05) is 0 Å². The topological polar surface area (TPSA) is 78.4 Å². The van der Waals surface area contributed by atoms with Crippen LogP contribution in [-0.2, 0) is 6.54 Å². The van der Waals surface area contributed by atoms with E-state index in [-0.39, 0.29) is 11.4 Å². The smallest absolute Gasteiger partial charge is 0.271 e. The Kier molecular flexibility index (Phi) is 4.85. The van der Waals surface area contributed by atoms with Crippen molar-refractivity contribution in [2.24, 2.45) is 4.99 Å². The molecule has 0 saturated heterocycles. The minimum Gasteiger partial charge on any atom is -0.494 e. The van der Waals surface area contributed by atoms with Gasteiger partial charge in [-0.1, -0.05) is 43.3 Å². The van der Waals surface area contributed by atoms with E-state index < -0.39 is 5.56 Å². The van der Waals surface area contributed by atoms with Crippen LogP contribution in [0.25, 0.3) is 10.8 Å². The Balaban J connectivity index is 2.18. The SMILES string of the molecule is CCCn1c(O)c(C=Nc2cccc3ccccc23)c(C)c(C#N)c1=O. The van der Waals surface area contributed by atoms with E-state index in [0.717, 1.165) is 16.5 Å². The number of aromatic hydroxyl groups is 1. The number of pyridine rings is 1. The zero-order chi connectivity index (χ0) is 18.7. The Hall–Kier alpha value is -3.39. The summed E-state index contributed by atoms with van der Waals surface area (Å²) >= 11 is 0. The molecule has 0 aliphatic rings. The molecule has 1 heterocycles. The Labute approximate surface area is 151 Å². The lowest BCUT2D eigenvalue weighted by atomic mass is 10.1. The lowest BCUT2D eigenvalue weighted by Gasteiger charge is -2.13. The second kappa shape index (κ2) is 7.24. The molecule has 130 valence electrons. The molecule has 0 radical (unpaired) electrons. The Morgan fingerprint density at radius 3 is 2.69 bits per heavy atom. The highest BCUT2D eigenvalue weighted by atomic mass is 16.3. The molecular weight excluding hydrogens is 326 g/mol. The lowest BCUT2D eigenvalue weighted by Crippen LogP contribution is -2.25. The molecule has 0 aliphatic carbocycles. The molecule has 5 heteroatoms. The predicted octanol–water partition coefficient (Wildman–Crippen LogP) is 4.05. The zero-order valence-electron chi connectivity index (χ0n) is 14.7. The third kappa shape index (κ3) is 2.98. The van der Waals surface area contributed by atoms with E-state index in [1.165, 1.54) is 10.8 Å². The molecule has 3 rings (SSSR count). The first-order valence-electron chi connectivity index (χ1n) is 8.46. The van der Waals surface area contributed by atoms with E-state index in [1.807, 2.05) is 55.5 Å². The zero-order valence-corrected chi connectivity index (χ0v) is 14.7. The van der Waals surface area contributed by atoms with Gasteiger partial charge >= 0.3 is 0 Å². The molecule has 3 aromatic rings. The monoisotopic (exact) mass is 345 g/mol. The van der Waals surface area contributed by atoms with Crippen molar-refractivity contribution in [1.29, 1.82) is 5.26 Å². The number of hydrogen-bond donors (Lipinski definition) is 1. The Morgan fingerprint density at radius 2 is 1.96 bits per heavy atom. The summed E-state index contributed by atoms with van der Waals surface area (Å²) in [5.74, 6) is -0.155. The molecule has 0 bridgehead atoms. The van der Waals surface area contributed by atoms with Gasteiger partial charge in [-0.05, 0) is 30.4 Å². The quantitative estimate of drug-likeness (QED) is 0.725. The third-order valence-corrected chi connectivity index (χ3v) is 4.39. The minimum absolute atomic E-state index is 0.0376. The fourth-order valence-corrected chi connectivity index (χ4v) is 3.01. The van der Waals surface area contributed by atoms with Gasteiger partial charge in [0.1, 0.15) is 11.6 Å². The number of rotatable bonds is 4. The second-order valence-corrected chi connectivity index (χ2v) is 6.06. The Bertz CT molecular complexity index is 1100. The summed E-state index contributed by atoms with van der Waals surface area (Å²) in [6.07, 6.45) is 2.19. The van der Waals surface area contributed by atoms with Crippen LogP contribution in [0.4, 0.5) is 5.69 Å². The van der Waals surface area contributed by atoms with Crippen LogP contribution in [-0.4, -0.2) is 15.9 Å². The molecule has 1 N–H and O–H groups in total. The number of aromatic nitrogens is 1. The second-order valence-electron chi connectivity index (χ2n) is 6.06. The highest BCUT2D eigenvalue weighted by molar-refractivity contribution is 5.96. The van der Waals surface area contributed by atoms with Crippen molar-refractivity contribution < 1.29 is 5.11 Å². The fourth-order valence-electron chi connectivity index (χ4n) is 3.01. The van der Waals surface area contributed by atoms with Crippen molar-refractivity contribution >= 4 is 22.7 Å². The van der Waals surface area contributed by atoms with E-state index in [9.17, 15) is 15.2 Å². The summed E-state index contributed by atoms with van der Waals surface area (Å²) in [5, 5.41) is 22.0. The fraction of sp³-hybridized carbons (Fsp3) is 0.190. The van der Waals surface area contributed by atoms with Crippen LogP contribution in [0.3, 0.4) is 0 Å². The van der Waals surface area contributed by atoms with Gasteiger partial charge in [0.25, 0.3) is 5.56 Å². The number of nitriles is 1. The van der Waals surface area contributed by atoms with E-state index >= 15 is 0 Å². The van der Waals surface area contributed by atoms with Gasteiger partial charge in [-0.15, -0.1) is 0 Å². The van der Waals surface area contributed by atoms with Crippen LogP contribution in [0.2, 0.25) is 0 Å². The number of nitrogens with zero attached hydrogens (tertiary/aromatic N) is 3. The minimum atomic E-state index is -0.466. The maximum Gasteiger partial charge on any atom is 0.271 e. The molecule has 0 saturated carbocycles. The number of fused-ring (bicyclic) bond motifs is 1. The summed E-state index contributed by atoms with van der Waals surface area (Å²) < 4.78 is 1.23. The van der Waals surface area contributed by atoms with Gasteiger partial charge in [0.15, 0.2) is 0 Å². The molecule has 26 heavy (non-hydrogen) atoms. The maximum atomic E-state index is 12.4. The molecule has 0 amide bonds. The highest BCUT2D eigenvalue weighted by Crippen LogP contribution is 2.27. The van der Waals surface area contributed by atoms with E-state index in [2.05, 4.69) is 4.99 Å². The standard InChI is InChI=1S/C21H19N3O2/c1-3-11-24-20(25)17(12-22)14(2)18(21(24)26)13-23-19-10-6-8-15-7-4-5-9-16(15)19/h4-10,13,26H,3,11H2,1-2H3. The van der Waals surface area contributed by atoms with Crippen molar-refractivity contribution in [2.45, 2.75) is 26.8 Å². The van der Waals surface area contributed by atoms with Gasteiger partial charge in [0, 0.05) is 18.1 Å². The summed E-state index contributed by atoms with van der Waals surface area (Å²) in [6, 6.07) is 15.7. The van der Waals surface area contributed by atoms with Crippen LogP contribution < -0.4 is 5.56 Å². The van der Waals surface area contributed by atoms with Gasteiger partial charge in [0.2, 0.25) is 5.88 Å². The number of benzene rings is 2. The largest absolute Gasteiger partial charge is 0.494 e. The molecule has 0 aliphatic heterocycles. The van der Waals surface area contributed by atoms with Crippen LogP contribution in [0.15, 0.2) is 52.3 Å². The Morgan fingerprint density at radius 1 is 1.23 bits per heavy atom.